The summed E-state index contributed by atoms with van der Waals surface area (Å²) in [5.74, 6) is -0.189. The molecule has 1 aromatic heterocycles. The maximum Gasteiger partial charge on any atom is 0.280 e. The lowest BCUT2D eigenvalue weighted by molar-refractivity contribution is -0.385. The molecule has 5 rings (SSSR count). The number of fused-ring (bicyclic) bond motifs is 1. The van der Waals surface area contributed by atoms with Crippen LogP contribution in [0, 0.1) is 10.1 Å². The molecule has 4 aromatic rings. The summed E-state index contributed by atoms with van der Waals surface area (Å²) in [6, 6.07) is 22.2. The van der Waals surface area contributed by atoms with E-state index < -0.39 is 14.9 Å². The number of halogens is 2. The fraction of sp³-hybridized carbons (Fsp3) is 0.0417. The molecule has 1 atom stereocenters. The first-order valence-electron chi connectivity index (χ1n) is 10.4. The van der Waals surface area contributed by atoms with Crippen molar-refractivity contribution in [2.75, 3.05) is 0 Å². The van der Waals surface area contributed by atoms with Crippen molar-refractivity contribution in [1.82, 2.24) is 20.6 Å². The Labute approximate surface area is 218 Å². The topological polar surface area (TPSA) is 117 Å². The van der Waals surface area contributed by atoms with Crippen molar-refractivity contribution in [3.8, 4) is 11.3 Å². The van der Waals surface area contributed by atoms with E-state index in [0.29, 0.717) is 27.7 Å². The minimum Gasteiger partial charge on any atom is -0.277 e. The molecule has 1 aliphatic heterocycles. The minimum atomic E-state index is -0.490. The summed E-state index contributed by atoms with van der Waals surface area (Å²) >= 11 is 8.09. The number of rotatable bonds is 5. The molecular formula is C24H16ClIN6O3. The van der Waals surface area contributed by atoms with Crippen LogP contribution in [0.4, 0.5) is 11.4 Å². The summed E-state index contributed by atoms with van der Waals surface area (Å²) in [6.45, 7) is 0. The van der Waals surface area contributed by atoms with Crippen LogP contribution in [0.25, 0.3) is 11.3 Å². The van der Waals surface area contributed by atoms with Crippen LogP contribution in [0.2, 0.25) is 5.02 Å². The molecule has 1 amide bonds. The highest BCUT2D eigenvalue weighted by Gasteiger charge is 2.36. The van der Waals surface area contributed by atoms with Gasteiger partial charge in [0.2, 0.25) is 0 Å². The number of aromatic nitrogens is 2. The molecule has 0 radical (unpaired) electrons. The lowest BCUT2D eigenvalue weighted by atomic mass is 10.1. The molecule has 1 unspecified atom stereocenters. The average Bonchev–Trinajstić information content (AvgIpc) is 3.30. The Hall–Kier alpha value is -3.77. The van der Waals surface area contributed by atoms with Gasteiger partial charge in [-0.1, -0.05) is 54.1 Å². The number of aliphatic imine (C=N–C) groups is 1. The van der Waals surface area contributed by atoms with Gasteiger partial charge >= 0.3 is 0 Å². The maximum atomic E-state index is 13.1. The number of alkyl halides is 1. The Morgan fingerprint density at radius 1 is 1.06 bits per heavy atom. The van der Waals surface area contributed by atoms with Crippen molar-refractivity contribution < 1.29 is 9.72 Å². The zero-order valence-corrected chi connectivity index (χ0v) is 20.8. The number of nitro benzene ring substituents is 1. The molecule has 0 saturated heterocycles. The molecule has 35 heavy (non-hydrogen) atoms. The van der Waals surface area contributed by atoms with E-state index in [1.807, 2.05) is 30.3 Å². The van der Waals surface area contributed by atoms with Gasteiger partial charge in [0.25, 0.3) is 11.6 Å². The number of hydrazine groups is 1. The van der Waals surface area contributed by atoms with E-state index in [1.54, 1.807) is 42.5 Å². The third-order valence-corrected chi connectivity index (χ3v) is 6.83. The summed E-state index contributed by atoms with van der Waals surface area (Å²) in [7, 11) is 0. The molecule has 2 heterocycles. The number of H-pyrrole nitrogens is 1. The van der Waals surface area contributed by atoms with Crippen LogP contribution in [0.15, 0.2) is 83.9 Å². The van der Waals surface area contributed by atoms with Gasteiger partial charge in [-0.15, -0.1) is 0 Å². The predicted octanol–water partition coefficient (Wildman–Crippen LogP) is 5.81. The molecule has 1 aliphatic rings. The molecule has 0 aliphatic carbocycles. The van der Waals surface area contributed by atoms with E-state index in [2.05, 4.69) is 38.2 Å². The number of para-hydroxylation sites is 1. The number of aromatic amines is 1. The Morgan fingerprint density at radius 3 is 2.46 bits per heavy atom. The monoisotopic (exact) mass is 598 g/mol. The number of carbonyl (C=O) groups excluding carboxylic acids is 1. The van der Waals surface area contributed by atoms with Crippen molar-refractivity contribution >= 4 is 57.3 Å². The molecule has 11 heteroatoms. The summed E-state index contributed by atoms with van der Waals surface area (Å²) < 4.78 is -0.490. The first-order chi connectivity index (χ1) is 16.9. The number of nitro groups is 1. The summed E-state index contributed by atoms with van der Waals surface area (Å²) in [5, 5.41) is 21.3. The number of amidine groups is 1. The molecule has 9 nitrogen and oxygen atoms in total. The zero-order valence-electron chi connectivity index (χ0n) is 17.9. The van der Waals surface area contributed by atoms with Crippen LogP contribution in [-0.2, 0) is 0 Å². The predicted molar refractivity (Wildman–Crippen MR) is 141 cm³/mol. The quantitative estimate of drug-likeness (QED) is 0.0989. The third kappa shape index (κ3) is 4.37. The lowest BCUT2D eigenvalue weighted by Gasteiger charge is -2.33. The van der Waals surface area contributed by atoms with E-state index in [1.165, 1.54) is 11.1 Å². The maximum absolute atomic E-state index is 13.1. The van der Waals surface area contributed by atoms with E-state index >= 15 is 0 Å². The largest absolute Gasteiger partial charge is 0.280 e. The number of carbonyl (C=O) groups is 1. The van der Waals surface area contributed by atoms with Gasteiger partial charge in [0, 0.05) is 22.2 Å². The van der Waals surface area contributed by atoms with Crippen molar-refractivity contribution in [1.29, 1.82) is 0 Å². The Balaban J connectivity index is 1.64. The van der Waals surface area contributed by atoms with Gasteiger partial charge in [-0.2, -0.15) is 5.10 Å². The highest BCUT2D eigenvalue weighted by molar-refractivity contribution is 14.1. The Bertz CT molecular complexity index is 1460. The molecule has 0 saturated carbocycles. The second-order valence-corrected chi connectivity index (χ2v) is 9.18. The van der Waals surface area contributed by atoms with E-state index in [0.717, 1.165) is 5.56 Å². The van der Waals surface area contributed by atoms with Crippen LogP contribution in [-0.4, -0.2) is 31.9 Å². The second kappa shape index (κ2) is 9.47. The number of nitrogens with one attached hydrogen (secondary N) is 2. The van der Waals surface area contributed by atoms with Gasteiger partial charge in [0.05, 0.1) is 16.2 Å². The Morgan fingerprint density at radius 2 is 1.74 bits per heavy atom. The summed E-state index contributed by atoms with van der Waals surface area (Å²) in [5.41, 5.74) is 6.03. The van der Waals surface area contributed by atoms with Gasteiger partial charge in [-0.25, -0.2) is 10.0 Å². The number of nitrogens with zero attached hydrogens (tertiary/aromatic N) is 4. The number of hydrogen-bond donors (Lipinski definition) is 2. The van der Waals surface area contributed by atoms with Crippen molar-refractivity contribution in [2.24, 2.45) is 4.99 Å². The van der Waals surface area contributed by atoms with Crippen LogP contribution in [0.5, 0.6) is 0 Å². The normalized spacial score (nSPS) is 14.7. The second-order valence-electron chi connectivity index (χ2n) is 7.56. The first-order valence-corrected chi connectivity index (χ1v) is 12.0. The fourth-order valence-corrected chi connectivity index (χ4v) is 4.68. The van der Waals surface area contributed by atoms with Gasteiger partial charge < -0.3 is 0 Å². The lowest BCUT2D eigenvalue weighted by Crippen LogP contribution is -2.48. The van der Waals surface area contributed by atoms with E-state index in [4.69, 9.17) is 16.6 Å². The van der Waals surface area contributed by atoms with E-state index in [9.17, 15) is 14.9 Å². The first kappa shape index (κ1) is 23.0. The molecular weight excluding hydrogens is 583 g/mol. The average molecular weight is 599 g/mol. The molecule has 0 fully saturated rings. The molecule has 0 bridgehead atoms. The molecule has 3 aromatic carbocycles. The summed E-state index contributed by atoms with van der Waals surface area (Å²) in [6.07, 6.45) is 0. The van der Waals surface area contributed by atoms with Crippen LogP contribution >= 0.6 is 34.2 Å². The number of amides is 1. The van der Waals surface area contributed by atoms with Crippen LogP contribution in [0.1, 0.15) is 25.7 Å². The number of benzene rings is 3. The van der Waals surface area contributed by atoms with Crippen LogP contribution in [0.3, 0.4) is 0 Å². The van der Waals surface area contributed by atoms with Gasteiger partial charge in [-0.3, -0.25) is 25.4 Å². The highest BCUT2D eigenvalue weighted by Crippen LogP contribution is 2.43. The smallest absolute Gasteiger partial charge is 0.277 e. The van der Waals surface area contributed by atoms with Crippen molar-refractivity contribution in [3.05, 3.63) is 111 Å². The zero-order chi connectivity index (χ0) is 24.5. The van der Waals surface area contributed by atoms with Crippen molar-refractivity contribution in [3.63, 3.8) is 0 Å². The number of hydrogen-bond acceptors (Lipinski definition) is 6. The standard InChI is InChI=1S/C24H16ClIN6O3/c25-16-12-10-15(11-13-16)24(33)30-31-22(26)21-20(19(28-29-21)14-6-2-1-3-7-14)27-23(31)17-8-4-5-9-18(17)32(34)35/h1-13,22H,(H,28,29)(H,30,33). The third-order valence-electron chi connectivity index (χ3n) is 5.40. The van der Waals surface area contributed by atoms with Crippen molar-refractivity contribution in [2.45, 2.75) is 4.05 Å². The SMILES string of the molecule is O=C(NN1C(c2ccccc2[N+](=O)[O-])=Nc2c(-c3ccccc3)n[nH]c2C1I)c1ccc(Cl)cc1. The molecule has 0 spiro atoms. The summed E-state index contributed by atoms with van der Waals surface area (Å²) in [4.78, 5) is 29.2. The van der Waals surface area contributed by atoms with E-state index in [-0.39, 0.29) is 17.1 Å². The van der Waals surface area contributed by atoms with Gasteiger partial charge in [0.15, 0.2) is 5.84 Å². The van der Waals surface area contributed by atoms with Gasteiger partial charge in [-0.05, 0) is 52.9 Å². The Kier molecular flexibility index (Phi) is 6.22. The molecule has 2 N–H and O–H groups in total. The highest BCUT2D eigenvalue weighted by atomic mass is 127. The fourth-order valence-electron chi connectivity index (χ4n) is 3.72. The molecule has 174 valence electrons. The van der Waals surface area contributed by atoms with Gasteiger partial charge in [0.1, 0.15) is 15.4 Å². The van der Waals surface area contributed by atoms with Crippen LogP contribution < -0.4 is 5.43 Å². The minimum absolute atomic E-state index is 0.131.